The maximum absolute atomic E-state index is 4.20. The highest BCUT2D eigenvalue weighted by Gasteiger charge is 2.15. The van der Waals surface area contributed by atoms with Crippen molar-refractivity contribution >= 4 is 0 Å². The number of aromatic nitrogens is 3. The number of aryl methyl sites for hydroxylation is 3. The summed E-state index contributed by atoms with van der Waals surface area (Å²) in [5.41, 5.74) is 3.90. The Morgan fingerprint density at radius 1 is 1.19 bits per heavy atom. The summed E-state index contributed by atoms with van der Waals surface area (Å²) in [6.45, 7) is 8.32. The molecule has 1 heterocycles. The molecule has 1 unspecified atom stereocenters. The van der Waals surface area contributed by atoms with Crippen LogP contribution < -0.4 is 5.32 Å². The standard InChI is InChI=1S/C17H26N4/c1-4-12-21-17(13-19-20-21)16(18-5-2)11-10-15-8-6-14(3)7-9-15/h6-9,13,16,18H,4-5,10-12H2,1-3H3. The van der Waals surface area contributed by atoms with E-state index in [9.17, 15) is 0 Å². The molecule has 0 saturated carbocycles. The van der Waals surface area contributed by atoms with Gasteiger partial charge in [0.05, 0.1) is 17.9 Å². The van der Waals surface area contributed by atoms with E-state index in [1.165, 1.54) is 16.8 Å². The Bertz CT molecular complexity index is 530. The van der Waals surface area contributed by atoms with Crippen LogP contribution in [0.1, 0.15) is 49.6 Å². The van der Waals surface area contributed by atoms with Crippen LogP contribution >= 0.6 is 0 Å². The predicted molar refractivity (Wildman–Crippen MR) is 86.2 cm³/mol. The third-order valence-corrected chi connectivity index (χ3v) is 3.73. The molecule has 1 atom stereocenters. The number of hydrogen-bond donors (Lipinski definition) is 1. The molecule has 0 spiro atoms. The van der Waals surface area contributed by atoms with Crippen LogP contribution in [0.15, 0.2) is 30.5 Å². The average molecular weight is 286 g/mol. The highest BCUT2D eigenvalue weighted by molar-refractivity contribution is 5.21. The Labute approximate surface area is 127 Å². The summed E-state index contributed by atoms with van der Waals surface area (Å²) >= 11 is 0. The second kappa shape index (κ2) is 7.93. The first kappa shape index (κ1) is 15.7. The van der Waals surface area contributed by atoms with Crippen molar-refractivity contribution in [1.82, 2.24) is 20.3 Å². The summed E-state index contributed by atoms with van der Waals surface area (Å²) in [7, 11) is 0. The predicted octanol–water partition coefficient (Wildman–Crippen LogP) is 3.28. The molecule has 1 aromatic heterocycles. The van der Waals surface area contributed by atoms with Gasteiger partial charge < -0.3 is 5.32 Å². The van der Waals surface area contributed by atoms with E-state index in [0.29, 0.717) is 6.04 Å². The Balaban J connectivity index is 2.04. The molecular formula is C17H26N4. The monoisotopic (exact) mass is 286 g/mol. The highest BCUT2D eigenvalue weighted by Crippen LogP contribution is 2.19. The molecule has 21 heavy (non-hydrogen) atoms. The fourth-order valence-corrected chi connectivity index (χ4v) is 2.59. The molecule has 0 bridgehead atoms. The maximum Gasteiger partial charge on any atom is 0.0756 e. The lowest BCUT2D eigenvalue weighted by Gasteiger charge is -2.18. The van der Waals surface area contributed by atoms with Crippen molar-refractivity contribution in [2.24, 2.45) is 0 Å². The number of nitrogens with one attached hydrogen (secondary N) is 1. The third kappa shape index (κ3) is 4.39. The lowest BCUT2D eigenvalue weighted by Crippen LogP contribution is -2.24. The van der Waals surface area contributed by atoms with Crippen LogP contribution in [0, 0.1) is 6.92 Å². The Hall–Kier alpha value is -1.68. The van der Waals surface area contributed by atoms with E-state index in [0.717, 1.165) is 32.4 Å². The van der Waals surface area contributed by atoms with E-state index in [2.05, 4.69) is 60.7 Å². The van der Waals surface area contributed by atoms with Crippen LogP contribution in [0.5, 0.6) is 0 Å². The topological polar surface area (TPSA) is 42.7 Å². The summed E-state index contributed by atoms with van der Waals surface area (Å²) in [6.07, 6.45) is 5.11. The average Bonchev–Trinajstić information content (AvgIpc) is 2.94. The largest absolute Gasteiger partial charge is 0.309 e. The molecule has 2 rings (SSSR count). The van der Waals surface area contributed by atoms with Gasteiger partial charge in [0.15, 0.2) is 0 Å². The van der Waals surface area contributed by atoms with Crippen molar-refractivity contribution in [2.75, 3.05) is 6.54 Å². The Kier molecular flexibility index (Phi) is 5.93. The number of hydrogen-bond acceptors (Lipinski definition) is 3. The lowest BCUT2D eigenvalue weighted by atomic mass is 10.0. The van der Waals surface area contributed by atoms with Crippen LogP contribution in [-0.4, -0.2) is 21.5 Å². The minimum Gasteiger partial charge on any atom is -0.309 e. The number of benzene rings is 1. The first-order valence-electron chi connectivity index (χ1n) is 7.91. The molecule has 4 nitrogen and oxygen atoms in total. The van der Waals surface area contributed by atoms with Gasteiger partial charge in [0.25, 0.3) is 0 Å². The molecule has 114 valence electrons. The molecule has 0 aliphatic carbocycles. The number of rotatable bonds is 8. The van der Waals surface area contributed by atoms with Crippen LogP contribution in [0.25, 0.3) is 0 Å². The zero-order valence-electron chi connectivity index (χ0n) is 13.3. The fraction of sp³-hybridized carbons (Fsp3) is 0.529. The van der Waals surface area contributed by atoms with Crippen molar-refractivity contribution < 1.29 is 0 Å². The smallest absolute Gasteiger partial charge is 0.0756 e. The van der Waals surface area contributed by atoms with Gasteiger partial charge >= 0.3 is 0 Å². The van der Waals surface area contributed by atoms with E-state index < -0.39 is 0 Å². The zero-order valence-corrected chi connectivity index (χ0v) is 13.3. The van der Waals surface area contributed by atoms with Crippen LogP contribution in [0.2, 0.25) is 0 Å². The van der Waals surface area contributed by atoms with Crippen molar-refractivity contribution in [3.63, 3.8) is 0 Å². The first-order valence-corrected chi connectivity index (χ1v) is 7.91. The third-order valence-electron chi connectivity index (χ3n) is 3.73. The first-order chi connectivity index (χ1) is 10.2. The summed E-state index contributed by atoms with van der Waals surface area (Å²) in [5, 5.41) is 11.9. The highest BCUT2D eigenvalue weighted by atomic mass is 15.4. The molecule has 0 fully saturated rings. The molecular weight excluding hydrogens is 260 g/mol. The second-order valence-corrected chi connectivity index (χ2v) is 5.52. The zero-order chi connectivity index (χ0) is 15.1. The fourth-order valence-electron chi connectivity index (χ4n) is 2.59. The van der Waals surface area contributed by atoms with E-state index in [1.54, 1.807) is 0 Å². The number of nitrogens with zero attached hydrogens (tertiary/aromatic N) is 3. The van der Waals surface area contributed by atoms with Gasteiger partial charge in [-0.3, -0.25) is 0 Å². The minimum atomic E-state index is 0.317. The summed E-state index contributed by atoms with van der Waals surface area (Å²) in [4.78, 5) is 0. The van der Waals surface area contributed by atoms with E-state index in [4.69, 9.17) is 0 Å². The van der Waals surface area contributed by atoms with Gasteiger partial charge in [0.1, 0.15) is 0 Å². The van der Waals surface area contributed by atoms with Crippen LogP contribution in [0.4, 0.5) is 0 Å². The van der Waals surface area contributed by atoms with E-state index in [1.807, 2.05) is 10.9 Å². The van der Waals surface area contributed by atoms with Gasteiger partial charge in [-0.25, -0.2) is 4.68 Å². The SMILES string of the molecule is CCCn1nncc1C(CCc1ccc(C)cc1)NCC. The summed E-state index contributed by atoms with van der Waals surface area (Å²) in [5.74, 6) is 0. The van der Waals surface area contributed by atoms with Crippen molar-refractivity contribution in [1.29, 1.82) is 0 Å². The molecule has 4 heteroatoms. The molecule has 2 aromatic rings. The molecule has 1 N–H and O–H groups in total. The van der Waals surface area contributed by atoms with E-state index >= 15 is 0 Å². The van der Waals surface area contributed by atoms with Gasteiger partial charge in [-0.1, -0.05) is 48.9 Å². The quantitative estimate of drug-likeness (QED) is 0.810. The molecule has 0 amide bonds. The molecule has 1 aromatic carbocycles. The molecule has 0 saturated heterocycles. The lowest BCUT2D eigenvalue weighted by molar-refractivity contribution is 0.455. The van der Waals surface area contributed by atoms with Gasteiger partial charge in [-0.05, 0) is 38.3 Å². The van der Waals surface area contributed by atoms with Crippen molar-refractivity contribution in [2.45, 2.75) is 52.6 Å². The van der Waals surface area contributed by atoms with Gasteiger partial charge in [-0.15, -0.1) is 5.10 Å². The van der Waals surface area contributed by atoms with Crippen LogP contribution in [-0.2, 0) is 13.0 Å². The second-order valence-electron chi connectivity index (χ2n) is 5.52. The van der Waals surface area contributed by atoms with Gasteiger partial charge in [-0.2, -0.15) is 0 Å². The molecule has 0 aliphatic heterocycles. The summed E-state index contributed by atoms with van der Waals surface area (Å²) in [6, 6.07) is 9.12. The minimum absolute atomic E-state index is 0.317. The van der Waals surface area contributed by atoms with Crippen molar-refractivity contribution in [3.8, 4) is 0 Å². The molecule has 0 aliphatic rings. The Morgan fingerprint density at radius 2 is 1.95 bits per heavy atom. The van der Waals surface area contributed by atoms with Gasteiger partial charge in [0.2, 0.25) is 0 Å². The normalized spacial score (nSPS) is 12.5. The van der Waals surface area contributed by atoms with E-state index in [-0.39, 0.29) is 0 Å². The van der Waals surface area contributed by atoms with Gasteiger partial charge in [0, 0.05) is 6.54 Å². The summed E-state index contributed by atoms with van der Waals surface area (Å²) < 4.78 is 2.03. The van der Waals surface area contributed by atoms with Crippen LogP contribution in [0.3, 0.4) is 0 Å². The molecule has 0 radical (unpaired) electrons. The van der Waals surface area contributed by atoms with Crippen molar-refractivity contribution in [3.05, 3.63) is 47.3 Å². The Morgan fingerprint density at radius 3 is 2.62 bits per heavy atom. The maximum atomic E-state index is 4.20.